The fraction of sp³-hybridized carbons (Fsp3) is 0.400. The van der Waals surface area contributed by atoms with Gasteiger partial charge in [-0.15, -0.1) is 0 Å². The van der Waals surface area contributed by atoms with Gasteiger partial charge in [0.2, 0.25) is 0 Å². The van der Waals surface area contributed by atoms with E-state index in [4.69, 9.17) is 5.11 Å². The number of carboxylic acids is 1. The number of pyridine rings is 1. The van der Waals surface area contributed by atoms with E-state index in [1.54, 1.807) is 0 Å². The number of rotatable bonds is 1. The van der Waals surface area contributed by atoms with Crippen molar-refractivity contribution in [1.82, 2.24) is 4.98 Å². The molecule has 0 bridgehead atoms. The SMILES string of the molecule is Cc1ncc(C(=O)O)c2c1CSCC2. The molecular formula is C10H11NO2S. The summed E-state index contributed by atoms with van der Waals surface area (Å²) in [5.74, 6) is 1.05. The molecule has 0 unspecified atom stereocenters. The van der Waals surface area contributed by atoms with Crippen molar-refractivity contribution in [2.24, 2.45) is 0 Å². The van der Waals surface area contributed by atoms with Gasteiger partial charge < -0.3 is 5.11 Å². The van der Waals surface area contributed by atoms with Gasteiger partial charge in [-0.3, -0.25) is 4.98 Å². The van der Waals surface area contributed by atoms with Crippen molar-refractivity contribution in [3.8, 4) is 0 Å². The highest BCUT2D eigenvalue weighted by atomic mass is 32.2. The number of hydrogen-bond donors (Lipinski definition) is 1. The van der Waals surface area contributed by atoms with Crippen LogP contribution in [0, 0.1) is 6.92 Å². The molecule has 2 heterocycles. The summed E-state index contributed by atoms with van der Waals surface area (Å²) in [6.45, 7) is 1.94. The molecule has 4 heteroatoms. The molecule has 14 heavy (non-hydrogen) atoms. The average Bonchev–Trinajstić information content (AvgIpc) is 2.18. The molecule has 0 saturated carbocycles. The molecule has 2 rings (SSSR count). The Morgan fingerprint density at radius 3 is 3.07 bits per heavy atom. The standard InChI is InChI=1S/C10H11NO2S/c1-6-9-5-14-3-2-7(9)8(4-11-6)10(12)13/h4H,2-3,5H2,1H3,(H,12,13). The minimum Gasteiger partial charge on any atom is -0.478 e. The number of aromatic nitrogens is 1. The van der Waals surface area contributed by atoms with Gasteiger partial charge in [0, 0.05) is 17.6 Å². The molecule has 3 nitrogen and oxygen atoms in total. The Balaban J connectivity index is 2.59. The largest absolute Gasteiger partial charge is 0.478 e. The van der Waals surface area contributed by atoms with Crippen molar-refractivity contribution < 1.29 is 9.90 Å². The van der Waals surface area contributed by atoms with E-state index in [2.05, 4.69) is 4.98 Å². The van der Waals surface area contributed by atoms with Gasteiger partial charge in [0.15, 0.2) is 0 Å². The first-order valence-electron chi connectivity index (χ1n) is 4.48. The lowest BCUT2D eigenvalue weighted by atomic mass is 10.00. The van der Waals surface area contributed by atoms with Gasteiger partial charge in [0.1, 0.15) is 0 Å². The van der Waals surface area contributed by atoms with Crippen molar-refractivity contribution in [2.75, 3.05) is 5.75 Å². The fourth-order valence-electron chi connectivity index (χ4n) is 1.71. The molecule has 1 aromatic heterocycles. The van der Waals surface area contributed by atoms with E-state index in [1.807, 2.05) is 18.7 Å². The van der Waals surface area contributed by atoms with Crippen LogP contribution in [0.25, 0.3) is 0 Å². The van der Waals surface area contributed by atoms with Crippen LogP contribution in [0.15, 0.2) is 6.20 Å². The minimum absolute atomic E-state index is 0.380. The normalized spacial score (nSPS) is 14.9. The average molecular weight is 209 g/mol. The van der Waals surface area contributed by atoms with Gasteiger partial charge in [-0.2, -0.15) is 11.8 Å². The zero-order valence-electron chi connectivity index (χ0n) is 7.91. The molecule has 1 aliphatic heterocycles. The highest BCUT2D eigenvalue weighted by Gasteiger charge is 2.19. The van der Waals surface area contributed by atoms with Crippen LogP contribution in [0.2, 0.25) is 0 Å². The molecule has 1 N–H and O–H groups in total. The van der Waals surface area contributed by atoms with Gasteiger partial charge in [0.05, 0.1) is 5.56 Å². The Bertz CT molecular complexity index is 390. The van der Waals surface area contributed by atoms with Crippen molar-refractivity contribution in [2.45, 2.75) is 19.1 Å². The van der Waals surface area contributed by atoms with E-state index >= 15 is 0 Å². The topological polar surface area (TPSA) is 50.2 Å². The lowest BCUT2D eigenvalue weighted by molar-refractivity contribution is 0.0695. The van der Waals surface area contributed by atoms with Gasteiger partial charge in [-0.1, -0.05) is 0 Å². The van der Waals surface area contributed by atoms with Gasteiger partial charge in [-0.05, 0) is 30.2 Å². The summed E-state index contributed by atoms with van der Waals surface area (Å²) < 4.78 is 0. The number of carbonyl (C=O) groups is 1. The summed E-state index contributed by atoms with van der Waals surface area (Å²) >= 11 is 1.84. The molecule has 0 aromatic carbocycles. The molecular weight excluding hydrogens is 198 g/mol. The molecule has 1 aliphatic rings. The number of fused-ring (bicyclic) bond motifs is 1. The van der Waals surface area contributed by atoms with Crippen molar-refractivity contribution in [3.63, 3.8) is 0 Å². The van der Waals surface area contributed by atoms with Crippen LogP contribution in [0.1, 0.15) is 27.2 Å². The molecule has 0 fully saturated rings. The van der Waals surface area contributed by atoms with Crippen molar-refractivity contribution >= 4 is 17.7 Å². The van der Waals surface area contributed by atoms with E-state index in [1.165, 1.54) is 6.20 Å². The predicted molar refractivity (Wildman–Crippen MR) is 55.8 cm³/mol. The van der Waals surface area contributed by atoms with E-state index in [0.29, 0.717) is 5.56 Å². The van der Waals surface area contributed by atoms with E-state index in [9.17, 15) is 4.79 Å². The second-order valence-electron chi connectivity index (χ2n) is 3.32. The van der Waals surface area contributed by atoms with Crippen LogP contribution < -0.4 is 0 Å². The summed E-state index contributed by atoms with van der Waals surface area (Å²) in [6, 6.07) is 0. The number of aromatic carboxylic acids is 1. The number of thioether (sulfide) groups is 1. The number of aryl methyl sites for hydroxylation is 1. The minimum atomic E-state index is -0.861. The Kier molecular flexibility index (Phi) is 2.46. The Hall–Kier alpha value is -1.03. The third-order valence-electron chi connectivity index (χ3n) is 2.49. The maximum atomic E-state index is 10.9. The molecule has 74 valence electrons. The summed E-state index contributed by atoms with van der Waals surface area (Å²) in [6.07, 6.45) is 2.33. The lowest BCUT2D eigenvalue weighted by Gasteiger charge is -2.18. The van der Waals surface area contributed by atoms with E-state index < -0.39 is 5.97 Å². The van der Waals surface area contributed by atoms with Gasteiger partial charge in [-0.25, -0.2) is 4.79 Å². The Labute approximate surface area is 86.5 Å². The first-order chi connectivity index (χ1) is 6.70. The number of carboxylic acid groups (broad SMARTS) is 1. The first kappa shape index (κ1) is 9.52. The maximum Gasteiger partial charge on any atom is 0.337 e. The lowest BCUT2D eigenvalue weighted by Crippen LogP contribution is -2.13. The zero-order valence-corrected chi connectivity index (χ0v) is 8.73. The molecule has 0 saturated heterocycles. The van der Waals surface area contributed by atoms with Crippen LogP contribution in [0.5, 0.6) is 0 Å². The van der Waals surface area contributed by atoms with Crippen LogP contribution >= 0.6 is 11.8 Å². The highest BCUT2D eigenvalue weighted by molar-refractivity contribution is 7.98. The second-order valence-corrected chi connectivity index (χ2v) is 4.43. The second kappa shape index (κ2) is 3.61. The van der Waals surface area contributed by atoms with Crippen molar-refractivity contribution in [3.05, 3.63) is 28.6 Å². The number of nitrogens with zero attached hydrogens (tertiary/aromatic N) is 1. The van der Waals surface area contributed by atoms with Crippen LogP contribution in [0.4, 0.5) is 0 Å². The molecule has 0 atom stereocenters. The van der Waals surface area contributed by atoms with Gasteiger partial charge in [0.25, 0.3) is 0 Å². The molecule has 0 amide bonds. The Morgan fingerprint density at radius 2 is 2.36 bits per heavy atom. The zero-order chi connectivity index (χ0) is 10.1. The summed E-state index contributed by atoms with van der Waals surface area (Å²) in [5, 5.41) is 8.98. The smallest absolute Gasteiger partial charge is 0.337 e. The van der Waals surface area contributed by atoms with Crippen LogP contribution in [0.3, 0.4) is 0 Å². The monoisotopic (exact) mass is 209 g/mol. The number of hydrogen-bond acceptors (Lipinski definition) is 3. The van der Waals surface area contributed by atoms with Crippen molar-refractivity contribution in [1.29, 1.82) is 0 Å². The first-order valence-corrected chi connectivity index (χ1v) is 5.64. The van der Waals surface area contributed by atoms with E-state index in [0.717, 1.165) is 34.7 Å². The van der Waals surface area contributed by atoms with Crippen LogP contribution in [-0.4, -0.2) is 21.8 Å². The maximum absolute atomic E-state index is 10.9. The highest BCUT2D eigenvalue weighted by Crippen LogP contribution is 2.28. The quantitative estimate of drug-likeness (QED) is 0.767. The molecule has 1 aromatic rings. The third-order valence-corrected chi connectivity index (χ3v) is 3.47. The Morgan fingerprint density at radius 1 is 1.57 bits per heavy atom. The van der Waals surface area contributed by atoms with Gasteiger partial charge >= 0.3 is 5.97 Å². The fourth-order valence-corrected chi connectivity index (χ4v) is 2.79. The molecule has 0 radical (unpaired) electrons. The third kappa shape index (κ3) is 1.50. The summed E-state index contributed by atoms with van der Waals surface area (Å²) in [7, 11) is 0. The summed E-state index contributed by atoms with van der Waals surface area (Å²) in [5.41, 5.74) is 3.47. The molecule has 0 spiro atoms. The van der Waals surface area contributed by atoms with Crippen LogP contribution in [-0.2, 0) is 12.2 Å². The van der Waals surface area contributed by atoms with E-state index in [-0.39, 0.29) is 0 Å². The summed E-state index contributed by atoms with van der Waals surface area (Å²) in [4.78, 5) is 15.1. The molecule has 0 aliphatic carbocycles. The predicted octanol–water partition coefficient (Wildman–Crippen LogP) is 1.88.